The van der Waals surface area contributed by atoms with Gasteiger partial charge in [-0.1, -0.05) is 18.5 Å². The van der Waals surface area contributed by atoms with Crippen molar-refractivity contribution in [3.05, 3.63) is 40.2 Å². The first kappa shape index (κ1) is 20.3. The van der Waals surface area contributed by atoms with Crippen molar-refractivity contribution < 1.29 is 14.3 Å². The van der Waals surface area contributed by atoms with Crippen molar-refractivity contribution in [2.45, 2.75) is 46.1 Å². The number of hydrogen-bond donors (Lipinski definition) is 1. The van der Waals surface area contributed by atoms with E-state index in [1.54, 1.807) is 24.6 Å². The highest BCUT2D eigenvalue weighted by Crippen LogP contribution is 2.38. The fraction of sp³-hybridized carbons (Fsp3) is 0.364. The number of nitrogens with zero attached hydrogens (tertiary/aromatic N) is 3. The van der Waals surface area contributed by atoms with E-state index in [2.05, 4.69) is 10.4 Å². The molecule has 156 valence electrons. The second-order valence-electron chi connectivity index (χ2n) is 7.46. The summed E-state index contributed by atoms with van der Waals surface area (Å²) in [5.74, 6) is 1.20. The van der Waals surface area contributed by atoms with E-state index in [1.165, 1.54) is 0 Å². The van der Waals surface area contributed by atoms with Crippen LogP contribution in [0.25, 0.3) is 16.8 Å². The van der Waals surface area contributed by atoms with Gasteiger partial charge in [0.15, 0.2) is 17.2 Å². The van der Waals surface area contributed by atoms with Crippen molar-refractivity contribution in [2.75, 3.05) is 12.4 Å². The molecule has 0 saturated carbocycles. The summed E-state index contributed by atoms with van der Waals surface area (Å²) in [6.45, 7) is 5.35. The van der Waals surface area contributed by atoms with E-state index in [1.807, 2.05) is 26.0 Å². The molecule has 7 nitrogen and oxygen atoms in total. The average molecular weight is 427 g/mol. The summed E-state index contributed by atoms with van der Waals surface area (Å²) >= 11 is 6.54. The van der Waals surface area contributed by atoms with Crippen LogP contribution in [-0.4, -0.2) is 39.3 Å². The molecule has 2 heterocycles. The number of rotatable bonds is 6. The van der Waals surface area contributed by atoms with Crippen LogP contribution < -0.4 is 10.1 Å². The lowest BCUT2D eigenvalue weighted by Crippen LogP contribution is -2.29. The van der Waals surface area contributed by atoms with Crippen LogP contribution in [0.2, 0.25) is 5.02 Å². The van der Waals surface area contributed by atoms with Gasteiger partial charge in [0.1, 0.15) is 11.6 Å². The highest BCUT2D eigenvalue weighted by molar-refractivity contribution is 6.33. The van der Waals surface area contributed by atoms with Crippen molar-refractivity contribution in [1.82, 2.24) is 14.6 Å². The summed E-state index contributed by atoms with van der Waals surface area (Å²) in [5.41, 5.74) is 4.16. The maximum Gasteiger partial charge on any atom is 0.168 e. The van der Waals surface area contributed by atoms with Crippen molar-refractivity contribution in [2.24, 2.45) is 0 Å². The fourth-order valence-electron chi connectivity index (χ4n) is 3.96. The second-order valence-corrected chi connectivity index (χ2v) is 7.87. The zero-order chi connectivity index (χ0) is 21.6. The maximum atomic E-state index is 12.6. The summed E-state index contributed by atoms with van der Waals surface area (Å²) in [6, 6.07) is 5.05. The monoisotopic (exact) mass is 426 g/mol. The molecule has 0 aliphatic heterocycles. The molecule has 3 aromatic rings. The number of carbonyl (C=O) groups is 2. The molecule has 0 amide bonds. The molecular weight excluding hydrogens is 404 g/mol. The third kappa shape index (κ3) is 3.23. The zero-order valence-corrected chi connectivity index (χ0v) is 18.1. The summed E-state index contributed by atoms with van der Waals surface area (Å²) in [4.78, 5) is 29.5. The summed E-state index contributed by atoms with van der Waals surface area (Å²) < 4.78 is 6.89. The number of carbonyl (C=O) groups excluding carboxylic acids is 2. The Hall–Kier alpha value is -2.93. The minimum Gasteiger partial charge on any atom is -0.497 e. The smallest absolute Gasteiger partial charge is 0.168 e. The van der Waals surface area contributed by atoms with Gasteiger partial charge in [0.25, 0.3) is 0 Å². The minimum absolute atomic E-state index is 0.00367. The van der Waals surface area contributed by atoms with E-state index < -0.39 is 6.04 Å². The second kappa shape index (κ2) is 7.72. The quantitative estimate of drug-likeness (QED) is 0.633. The first-order chi connectivity index (χ1) is 14.3. The molecule has 0 saturated heterocycles. The molecule has 0 bridgehead atoms. The Morgan fingerprint density at radius 2 is 2.10 bits per heavy atom. The van der Waals surface area contributed by atoms with Gasteiger partial charge < -0.3 is 10.1 Å². The van der Waals surface area contributed by atoms with Gasteiger partial charge in [-0.15, -0.1) is 0 Å². The summed E-state index contributed by atoms with van der Waals surface area (Å²) in [5, 5.41) is 8.46. The predicted octanol–water partition coefficient (Wildman–Crippen LogP) is 4.28. The number of aryl methyl sites for hydroxylation is 2. The van der Waals surface area contributed by atoms with Crippen LogP contribution in [0.15, 0.2) is 18.2 Å². The number of Topliss-reactive ketones (excluding diaryl/α,β-unsaturated/α-hetero) is 2. The van der Waals surface area contributed by atoms with Crippen LogP contribution >= 0.6 is 11.6 Å². The molecule has 1 aliphatic carbocycles. The highest BCUT2D eigenvalue weighted by atomic mass is 35.5. The zero-order valence-electron chi connectivity index (χ0n) is 17.4. The van der Waals surface area contributed by atoms with E-state index >= 15 is 0 Å². The molecule has 30 heavy (non-hydrogen) atoms. The Balaban J connectivity index is 1.98. The maximum absolute atomic E-state index is 12.6. The molecule has 1 atom stereocenters. The van der Waals surface area contributed by atoms with Crippen LogP contribution in [0.4, 0.5) is 5.82 Å². The largest absolute Gasteiger partial charge is 0.497 e. The third-order valence-corrected chi connectivity index (χ3v) is 5.85. The number of halogens is 1. The van der Waals surface area contributed by atoms with Gasteiger partial charge in [0.05, 0.1) is 40.7 Å². The average Bonchev–Trinajstić information content (AvgIpc) is 3.24. The molecule has 1 aromatic carbocycles. The van der Waals surface area contributed by atoms with Crippen LogP contribution in [0.3, 0.4) is 0 Å². The molecule has 2 aromatic heterocycles. The lowest BCUT2D eigenvalue weighted by atomic mass is 10.1. The van der Waals surface area contributed by atoms with E-state index in [0.29, 0.717) is 47.1 Å². The molecule has 0 spiro atoms. The Kier molecular flexibility index (Phi) is 5.24. The molecule has 1 aliphatic rings. The van der Waals surface area contributed by atoms with Gasteiger partial charge in [-0.25, -0.2) is 4.98 Å². The van der Waals surface area contributed by atoms with Gasteiger partial charge in [0.2, 0.25) is 0 Å². The van der Waals surface area contributed by atoms with Crippen molar-refractivity contribution in [1.29, 1.82) is 0 Å². The van der Waals surface area contributed by atoms with Crippen molar-refractivity contribution in [3.8, 4) is 16.9 Å². The lowest BCUT2D eigenvalue weighted by Gasteiger charge is -2.18. The molecule has 4 rings (SSSR count). The topological polar surface area (TPSA) is 85.6 Å². The Morgan fingerprint density at radius 1 is 1.33 bits per heavy atom. The number of benzene rings is 1. The number of nitrogens with one attached hydrogen (secondary N) is 1. The molecule has 0 fully saturated rings. The Labute approximate surface area is 179 Å². The standard InChI is InChI=1S/C22H23ClN4O3/c1-5-16(12(3)28)24-22-20-17(8-9-18(20)29)25-21-19(11(2)26-27(21)22)14-7-6-13(30-4)10-15(14)23/h6-7,10,16,24H,5,8-9H2,1-4H3. The van der Waals surface area contributed by atoms with Crippen LogP contribution in [-0.2, 0) is 11.2 Å². The molecule has 0 radical (unpaired) electrons. The number of methoxy groups -OCH3 is 1. The molecule has 1 unspecified atom stereocenters. The van der Waals surface area contributed by atoms with E-state index in [4.69, 9.17) is 21.3 Å². The Morgan fingerprint density at radius 3 is 2.73 bits per heavy atom. The predicted molar refractivity (Wildman–Crippen MR) is 116 cm³/mol. The first-order valence-electron chi connectivity index (χ1n) is 9.92. The van der Waals surface area contributed by atoms with Gasteiger partial charge in [-0.05, 0) is 44.9 Å². The summed E-state index contributed by atoms with van der Waals surface area (Å²) in [7, 11) is 1.59. The van der Waals surface area contributed by atoms with Gasteiger partial charge >= 0.3 is 0 Å². The fourth-order valence-corrected chi connectivity index (χ4v) is 4.23. The summed E-state index contributed by atoms with van der Waals surface area (Å²) in [6.07, 6.45) is 1.56. The minimum atomic E-state index is -0.411. The Bertz CT molecular complexity index is 1190. The van der Waals surface area contributed by atoms with E-state index in [-0.39, 0.29) is 11.6 Å². The van der Waals surface area contributed by atoms with Crippen molar-refractivity contribution >= 4 is 34.6 Å². The van der Waals surface area contributed by atoms with E-state index in [9.17, 15) is 9.59 Å². The van der Waals surface area contributed by atoms with Crippen LogP contribution in [0, 0.1) is 6.92 Å². The number of ether oxygens (including phenoxy) is 1. The number of hydrogen-bond acceptors (Lipinski definition) is 6. The van der Waals surface area contributed by atoms with Crippen LogP contribution in [0.5, 0.6) is 5.75 Å². The number of aromatic nitrogens is 3. The number of anilines is 1. The molecular formula is C22H23ClN4O3. The van der Waals surface area contributed by atoms with E-state index in [0.717, 1.165) is 22.5 Å². The number of ketones is 2. The normalized spacial score (nSPS) is 14.1. The third-order valence-electron chi connectivity index (χ3n) is 5.54. The molecule has 1 N–H and O–H groups in total. The SMILES string of the molecule is CCC(Nc1c2c(nc3c(-c4ccc(OC)cc4Cl)c(C)nn13)CCC2=O)C(C)=O. The van der Waals surface area contributed by atoms with Gasteiger partial charge in [-0.3, -0.25) is 9.59 Å². The van der Waals surface area contributed by atoms with Gasteiger partial charge in [0, 0.05) is 12.0 Å². The molecule has 8 heteroatoms. The number of fused-ring (bicyclic) bond motifs is 2. The van der Waals surface area contributed by atoms with Gasteiger partial charge in [-0.2, -0.15) is 9.61 Å². The van der Waals surface area contributed by atoms with Crippen molar-refractivity contribution in [3.63, 3.8) is 0 Å². The highest BCUT2D eigenvalue weighted by Gasteiger charge is 2.31. The lowest BCUT2D eigenvalue weighted by molar-refractivity contribution is -0.117. The van der Waals surface area contributed by atoms with Crippen LogP contribution in [0.1, 0.15) is 48.4 Å². The first-order valence-corrected chi connectivity index (χ1v) is 10.3.